The number of aromatic nitrogens is 1. The molecular formula is C14H17N3O3S. The first-order chi connectivity index (χ1) is 10.1. The molecule has 21 heavy (non-hydrogen) atoms. The van der Waals surface area contributed by atoms with Gasteiger partial charge in [0, 0.05) is 29.9 Å². The third kappa shape index (κ3) is 2.27. The normalized spacial score (nSPS) is 20.1. The first kappa shape index (κ1) is 14.2. The van der Waals surface area contributed by atoms with Gasteiger partial charge in [-0.25, -0.2) is 8.42 Å². The zero-order valence-electron chi connectivity index (χ0n) is 11.4. The van der Waals surface area contributed by atoms with Crippen molar-refractivity contribution in [1.82, 2.24) is 9.29 Å². The summed E-state index contributed by atoms with van der Waals surface area (Å²) in [7, 11) is -3.69. The Morgan fingerprint density at radius 3 is 2.95 bits per heavy atom. The zero-order valence-corrected chi connectivity index (χ0v) is 12.3. The lowest BCUT2D eigenvalue weighted by molar-refractivity contribution is 0.213. The summed E-state index contributed by atoms with van der Waals surface area (Å²) in [5.74, 6) is 0. The SMILES string of the molecule is Nc1ccc(S(=O)(=O)N2CCCC2CO)c2ncccc12. The first-order valence-electron chi connectivity index (χ1n) is 6.81. The maximum absolute atomic E-state index is 12.9. The topological polar surface area (TPSA) is 96.5 Å². The van der Waals surface area contributed by atoms with Crippen molar-refractivity contribution in [2.45, 2.75) is 23.8 Å². The predicted octanol–water partition coefficient (Wildman–Crippen LogP) is 0.962. The number of aliphatic hydroxyl groups excluding tert-OH is 1. The molecule has 1 unspecified atom stereocenters. The summed E-state index contributed by atoms with van der Waals surface area (Å²) in [6.45, 7) is 0.256. The van der Waals surface area contributed by atoms with Crippen LogP contribution in [0, 0.1) is 0 Å². The Morgan fingerprint density at radius 2 is 2.19 bits per heavy atom. The lowest BCUT2D eigenvalue weighted by atomic mass is 10.2. The van der Waals surface area contributed by atoms with E-state index < -0.39 is 10.0 Å². The summed E-state index contributed by atoms with van der Waals surface area (Å²) in [5, 5.41) is 9.99. The van der Waals surface area contributed by atoms with E-state index in [0.29, 0.717) is 29.6 Å². The van der Waals surface area contributed by atoms with E-state index in [2.05, 4.69) is 4.98 Å². The predicted molar refractivity (Wildman–Crippen MR) is 80.2 cm³/mol. The summed E-state index contributed by atoms with van der Waals surface area (Å²) in [4.78, 5) is 4.33. The lowest BCUT2D eigenvalue weighted by Crippen LogP contribution is -2.37. The van der Waals surface area contributed by atoms with Gasteiger partial charge in [-0.15, -0.1) is 0 Å². The molecule has 0 bridgehead atoms. The smallest absolute Gasteiger partial charge is 0.245 e. The quantitative estimate of drug-likeness (QED) is 0.823. The molecule has 1 aliphatic rings. The molecule has 7 heteroatoms. The number of nitrogens with zero attached hydrogens (tertiary/aromatic N) is 2. The number of anilines is 1. The fourth-order valence-electron chi connectivity index (χ4n) is 2.81. The van der Waals surface area contributed by atoms with Crippen LogP contribution in [0.25, 0.3) is 10.9 Å². The highest BCUT2D eigenvalue weighted by Crippen LogP contribution is 2.31. The standard InChI is InChI=1S/C14H17N3O3S/c15-12-5-6-13(14-11(12)4-1-7-16-14)21(19,20)17-8-2-3-10(17)9-18/h1,4-7,10,18H,2-3,8-9,15H2. The van der Waals surface area contributed by atoms with Gasteiger partial charge in [0.1, 0.15) is 4.90 Å². The van der Waals surface area contributed by atoms with Crippen molar-refractivity contribution < 1.29 is 13.5 Å². The van der Waals surface area contributed by atoms with Crippen molar-refractivity contribution in [3.63, 3.8) is 0 Å². The van der Waals surface area contributed by atoms with E-state index in [-0.39, 0.29) is 17.5 Å². The van der Waals surface area contributed by atoms with Gasteiger partial charge in [0.2, 0.25) is 10.0 Å². The van der Waals surface area contributed by atoms with Crippen LogP contribution in [0.2, 0.25) is 0 Å². The summed E-state index contributed by atoms with van der Waals surface area (Å²) >= 11 is 0. The van der Waals surface area contributed by atoms with Crippen LogP contribution in [-0.2, 0) is 10.0 Å². The Labute approximate surface area is 123 Å². The van der Waals surface area contributed by atoms with Crippen LogP contribution in [0.3, 0.4) is 0 Å². The van der Waals surface area contributed by atoms with E-state index in [4.69, 9.17) is 5.73 Å². The molecule has 2 heterocycles. The number of pyridine rings is 1. The highest BCUT2D eigenvalue weighted by atomic mass is 32.2. The van der Waals surface area contributed by atoms with Gasteiger partial charge < -0.3 is 10.8 Å². The minimum absolute atomic E-state index is 0.146. The Morgan fingerprint density at radius 1 is 1.38 bits per heavy atom. The number of hydrogen-bond donors (Lipinski definition) is 2. The average molecular weight is 307 g/mol. The largest absolute Gasteiger partial charge is 0.398 e. The van der Waals surface area contributed by atoms with Gasteiger partial charge in [-0.3, -0.25) is 4.98 Å². The zero-order chi connectivity index (χ0) is 15.0. The van der Waals surface area contributed by atoms with Gasteiger partial charge >= 0.3 is 0 Å². The number of nitrogen functional groups attached to an aromatic ring is 1. The molecule has 0 amide bonds. The van der Waals surface area contributed by atoms with Crippen LogP contribution in [-0.4, -0.2) is 42.0 Å². The molecule has 0 spiro atoms. The molecule has 1 aliphatic heterocycles. The Kier molecular flexibility index (Phi) is 3.56. The highest BCUT2D eigenvalue weighted by Gasteiger charge is 2.36. The molecule has 1 saturated heterocycles. The Hall–Kier alpha value is -1.70. The second-order valence-electron chi connectivity index (χ2n) is 5.15. The lowest BCUT2D eigenvalue weighted by Gasteiger charge is -2.23. The van der Waals surface area contributed by atoms with E-state index >= 15 is 0 Å². The first-order valence-corrected chi connectivity index (χ1v) is 8.25. The summed E-state index contributed by atoms with van der Waals surface area (Å²) in [6, 6.07) is 6.20. The van der Waals surface area contributed by atoms with Crippen molar-refractivity contribution in [1.29, 1.82) is 0 Å². The number of aliphatic hydroxyl groups is 1. The molecule has 0 aliphatic carbocycles. The van der Waals surface area contributed by atoms with Crippen LogP contribution in [0.5, 0.6) is 0 Å². The van der Waals surface area contributed by atoms with Crippen LogP contribution in [0.4, 0.5) is 5.69 Å². The number of rotatable bonds is 3. The monoisotopic (exact) mass is 307 g/mol. The molecule has 1 atom stereocenters. The van der Waals surface area contributed by atoms with E-state index in [1.165, 1.54) is 10.4 Å². The van der Waals surface area contributed by atoms with Gasteiger partial charge in [-0.2, -0.15) is 4.31 Å². The number of nitrogens with two attached hydrogens (primary N) is 1. The minimum Gasteiger partial charge on any atom is -0.398 e. The molecule has 1 aromatic carbocycles. The van der Waals surface area contributed by atoms with Crippen molar-refractivity contribution in [3.8, 4) is 0 Å². The van der Waals surface area contributed by atoms with Gasteiger partial charge in [0.05, 0.1) is 12.1 Å². The number of benzene rings is 1. The van der Waals surface area contributed by atoms with Crippen LogP contribution < -0.4 is 5.73 Å². The van der Waals surface area contributed by atoms with Crippen LogP contribution in [0.15, 0.2) is 35.4 Å². The van der Waals surface area contributed by atoms with Gasteiger partial charge in [0.15, 0.2) is 0 Å². The number of sulfonamides is 1. The summed E-state index contributed by atoms with van der Waals surface area (Å²) in [6.07, 6.45) is 2.98. The Bertz CT molecular complexity index is 776. The number of hydrogen-bond acceptors (Lipinski definition) is 5. The van der Waals surface area contributed by atoms with E-state index in [1.807, 2.05) is 0 Å². The second kappa shape index (κ2) is 5.25. The van der Waals surface area contributed by atoms with Crippen molar-refractivity contribution in [2.24, 2.45) is 0 Å². The van der Waals surface area contributed by atoms with Gasteiger partial charge in [0.25, 0.3) is 0 Å². The van der Waals surface area contributed by atoms with E-state index in [0.717, 1.165) is 6.42 Å². The van der Waals surface area contributed by atoms with E-state index in [9.17, 15) is 13.5 Å². The van der Waals surface area contributed by atoms with Crippen LogP contribution >= 0.6 is 0 Å². The van der Waals surface area contributed by atoms with E-state index in [1.54, 1.807) is 24.4 Å². The fraction of sp³-hybridized carbons (Fsp3) is 0.357. The molecule has 3 N–H and O–H groups in total. The minimum atomic E-state index is -3.69. The summed E-state index contributed by atoms with van der Waals surface area (Å²) in [5.41, 5.74) is 6.76. The third-order valence-corrected chi connectivity index (χ3v) is 5.87. The molecular weight excluding hydrogens is 290 g/mol. The highest BCUT2D eigenvalue weighted by molar-refractivity contribution is 7.89. The molecule has 1 aromatic heterocycles. The van der Waals surface area contributed by atoms with Crippen molar-refractivity contribution >= 4 is 26.6 Å². The molecule has 112 valence electrons. The summed E-state index contributed by atoms with van der Waals surface area (Å²) < 4.78 is 27.1. The molecule has 0 radical (unpaired) electrons. The van der Waals surface area contributed by atoms with Crippen molar-refractivity contribution in [2.75, 3.05) is 18.9 Å². The fourth-order valence-corrected chi connectivity index (χ4v) is 4.65. The van der Waals surface area contributed by atoms with Crippen LogP contribution in [0.1, 0.15) is 12.8 Å². The molecule has 1 fully saturated rings. The van der Waals surface area contributed by atoms with Crippen molar-refractivity contribution in [3.05, 3.63) is 30.5 Å². The molecule has 3 rings (SSSR count). The third-order valence-electron chi connectivity index (χ3n) is 3.89. The maximum atomic E-state index is 12.9. The van der Waals surface area contributed by atoms with Gasteiger partial charge in [-0.1, -0.05) is 0 Å². The molecule has 2 aromatic rings. The molecule has 6 nitrogen and oxygen atoms in total. The maximum Gasteiger partial charge on any atom is 0.245 e. The van der Waals surface area contributed by atoms with Gasteiger partial charge in [-0.05, 0) is 37.1 Å². The molecule has 0 saturated carbocycles. The average Bonchev–Trinajstić information content (AvgIpc) is 2.97. The second-order valence-corrected chi connectivity index (χ2v) is 7.01. The number of fused-ring (bicyclic) bond motifs is 1. The Balaban J connectivity index is 2.18.